The van der Waals surface area contributed by atoms with Gasteiger partial charge in [-0.15, -0.1) is 0 Å². The van der Waals surface area contributed by atoms with Crippen molar-refractivity contribution in [2.24, 2.45) is 10.8 Å². The number of para-hydroxylation sites is 1. The van der Waals surface area contributed by atoms with Gasteiger partial charge in [0.05, 0.1) is 12.1 Å². The van der Waals surface area contributed by atoms with Crippen LogP contribution in [0.1, 0.15) is 22.6 Å². The van der Waals surface area contributed by atoms with E-state index in [1.807, 2.05) is 79.0 Å². The first-order valence-electron chi connectivity index (χ1n) is 10.9. The highest BCUT2D eigenvalue weighted by Gasteiger charge is 2.31. The molecule has 0 unspecified atom stereocenters. The molecule has 1 aromatic heterocycles. The Balaban J connectivity index is 1.40. The van der Waals surface area contributed by atoms with Gasteiger partial charge in [-0.1, -0.05) is 54.6 Å². The van der Waals surface area contributed by atoms with Crippen molar-refractivity contribution in [3.05, 3.63) is 102 Å². The minimum absolute atomic E-state index is 0.0461. The van der Waals surface area contributed by atoms with Gasteiger partial charge in [0.1, 0.15) is 5.78 Å². The molecule has 0 amide bonds. The zero-order chi connectivity index (χ0) is 22.8. The number of rotatable bonds is 6. The van der Waals surface area contributed by atoms with E-state index in [2.05, 4.69) is 10.1 Å². The van der Waals surface area contributed by atoms with E-state index in [1.54, 1.807) is 17.3 Å². The molecule has 1 aliphatic rings. The zero-order valence-electron chi connectivity index (χ0n) is 18.0. The molecule has 0 spiro atoms. The predicted molar refractivity (Wildman–Crippen MR) is 133 cm³/mol. The van der Waals surface area contributed by atoms with Crippen LogP contribution >= 0.6 is 0 Å². The first-order valence-corrected chi connectivity index (χ1v) is 10.9. The molecule has 162 valence electrons. The van der Waals surface area contributed by atoms with E-state index in [-0.39, 0.29) is 18.7 Å². The second-order valence-electron chi connectivity index (χ2n) is 8.18. The number of hydrogen-bond donors (Lipinski definition) is 2. The molecule has 1 aliphatic heterocycles. The molecule has 6 nitrogen and oxygen atoms in total. The second-order valence-corrected chi connectivity index (χ2v) is 8.18. The minimum Gasteiger partial charge on any atom is -0.427 e. The predicted octanol–water partition coefficient (Wildman–Crippen LogP) is 2.63. The Morgan fingerprint density at radius 3 is 2.70 bits per heavy atom. The lowest BCUT2D eigenvalue weighted by Crippen LogP contribution is -2.50. The molecule has 0 fully saturated rings. The van der Waals surface area contributed by atoms with Crippen molar-refractivity contribution in [1.29, 1.82) is 0 Å². The van der Waals surface area contributed by atoms with Crippen LogP contribution in [0.3, 0.4) is 0 Å². The molecule has 0 aliphatic carbocycles. The molecule has 5 rings (SSSR count). The zero-order valence-corrected chi connectivity index (χ0v) is 18.0. The Kier molecular flexibility index (Phi) is 5.73. The highest BCUT2D eigenvalue weighted by molar-refractivity contribution is 6.71. The molecule has 3 N–H and O–H groups in total. The van der Waals surface area contributed by atoms with Crippen molar-refractivity contribution in [3.8, 4) is 0 Å². The van der Waals surface area contributed by atoms with Gasteiger partial charge in [-0.2, -0.15) is 5.10 Å². The van der Waals surface area contributed by atoms with E-state index in [1.165, 1.54) is 0 Å². The topological polar surface area (TPSA) is 91.8 Å². The van der Waals surface area contributed by atoms with Gasteiger partial charge in [0.2, 0.25) is 0 Å². The van der Waals surface area contributed by atoms with Crippen molar-refractivity contribution in [2.45, 2.75) is 12.3 Å². The molecule has 3 aromatic carbocycles. The van der Waals surface area contributed by atoms with Crippen LogP contribution in [0.4, 0.5) is 5.69 Å². The Morgan fingerprint density at radius 1 is 1.03 bits per heavy atom. The van der Waals surface area contributed by atoms with Gasteiger partial charge < -0.3 is 10.8 Å². The second kappa shape index (κ2) is 8.98. The van der Waals surface area contributed by atoms with Gasteiger partial charge in [0.15, 0.2) is 0 Å². The smallest absolute Gasteiger partial charge is 0.427 e. The summed E-state index contributed by atoms with van der Waals surface area (Å²) < 4.78 is 0. The Morgan fingerprint density at radius 2 is 1.88 bits per heavy atom. The number of carbonyl (C=O) groups is 1. The van der Waals surface area contributed by atoms with Crippen molar-refractivity contribution >= 4 is 41.0 Å². The number of pyridine rings is 1. The number of hydrogen-bond acceptors (Lipinski definition) is 6. The maximum atomic E-state index is 13.2. The summed E-state index contributed by atoms with van der Waals surface area (Å²) in [6.07, 6.45) is 5.57. The SMILES string of the molecule is NC[C@@H](C(=O)Cc1ccc2cnccc2c1)c1ccc2c(c1)B(O)N(c1ccccc1)N=C2. The van der Waals surface area contributed by atoms with E-state index in [9.17, 15) is 9.82 Å². The summed E-state index contributed by atoms with van der Waals surface area (Å²) in [6.45, 7) is 0.196. The average Bonchev–Trinajstić information content (AvgIpc) is 2.85. The number of hydrazone groups is 1. The number of aromatic nitrogens is 1. The molecule has 0 radical (unpaired) electrons. The number of ketones is 1. The van der Waals surface area contributed by atoms with Gasteiger partial charge >= 0.3 is 7.05 Å². The van der Waals surface area contributed by atoms with Gasteiger partial charge in [0.25, 0.3) is 0 Å². The minimum atomic E-state index is -0.949. The standard InChI is InChI=1S/C26H23BN4O2/c28-15-24(26(32)13-18-6-7-21-16-29-11-10-19(21)12-18)20-8-9-22-17-30-31(27(33)25(22)14-20)23-4-2-1-3-5-23/h1-12,14,16-17,24,33H,13,15,28H2/t24-/m1/s1. The maximum Gasteiger partial charge on any atom is 0.471 e. The fraction of sp³-hybridized carbons (Fsp3) is 0.115. The summed E-state index contributed by atoms with van der Waals surface area (Å²) in [5, 5.41) is 17.5. The summed E-state index contributed by atoms with van der Waals surface area (Å²) in [5.74, 6) is -0.413. The number of benzene rings is 3. The summed E-state index contributed by atoms with van der Waals surface area (Å²) in [7, 11) is -0.949. The number of carbonyl (C=O) groups excluding carboxylic acids is 1. The number of nitrogens with two attached hydrogens (primary N) is 1. The van der Waals surface area contributed by atoms with Gasteiger partial charge in [-0.05, 0) is 45.7 Å². The maximum absolute atomic E-state index is 13.2. The highest BCUT2D eigenvalue weighted by atomic mass is 16.2. The van der Waals surface area contributed by atoms with Crippen LogP contribution in [0.2, 0.25) is 0 Å². The lowest BCUT2D eigenvalue weighted by molar-refractivity contribution is -0.119. The van der Waals surface area contributed by atoms with E-state index in [0.29, 0.717) is 5.46 Å². The molecule has 0 bridgehead atoms. The lowest BCUT2D eigenvalue weighted by atomic mass is 9.68. The van der Waals surface area contributed by atoms with Gasteiger partial charge in [0, 0.05) is 36.4 Å². The molecule has 33 heavy (non-hydrogen) atoms. The van der Waals surface area contributed by atoms with Crippen molar-refractivity contribution in [3.63, 3.8) is 0 Å². The van der Waals surface area contributed by atoms with E-state index < -0.39 is 13.0 Å². The Bertz CT molecular complexity index is 1340. The molecular formula is C26H23BN4O2. The molecule has 0 saturated heterocycles. The quantitative estimate of drug-likeness (QED) is 0.456. The molecule has 2 heterocycles. The molecule has 7 heteroatoms. The van der Waals surface area contributed by atoms with Gasteiger partial charge in [-0.25, -0.2) is 0 Å². The van der Waals surface area contributed by atoms with Crippen LogP contribution in [0.25, 0.3) is 10.8 Å². The third-order valence-corrected chi connectivity index (χ3v) is 6.07. The monoisotopic (exact) mass is 434 g/mol. The van der Waals surface area contributed by atoms with Crippen molar-refractivity contribution in [2.75, 3.05) is 11.5 Å². The van der Waals surface area contributed by atoms with E-state index >= 15 is 0 Å². The third-order valence-electron chi connectivity index (χ3n) is 6.07. The number of nitrogens with zero attached hydrogens (tertiary/aromatic N) is 3. The van der Waals surface area contributed by atoms with Crippen LogP contribution in [0.5, 0.6) is 0 Å². The van der Waals surface area contributed by atoms with Gasteiger partial charge in [-0.3, -0.25) is 14.7 Å². The molecular weight excluding hydrogens is 411 g/mol. The summed E-state index contributed by atoms with van der Waals surface area (Å²) in [4.78, 5) is 18.9. The number of anilines is 1. The van der Waals surface area contributed by atoms with Crippen LogP contribution in [-0.2, 0) is 11.2 Å². The van der Waals surface area contributed by atoms with Crippen LogP contribution in [0.15, 0.2) is 90.3 Å². The van der Waals surface area contributed by atoms with Crippen LogP contribution in [-0.4, -0.2) is 35.6 Å². The average molecular weight is 434 g/mol. The molecule has 1 atom stereocenters. The fourth-order valence-corrected chi connectivity index (χ4v) is 4.28. The summed E-state index contributed by atoms with van der Waals surface area (Å²) in [5.41, 5.74) is 10.1. The summed E-state index contributed by atoms with van der Waals surface area (Å²) in [6, 6.07) is 23.1. The Hall–Kier alpha value is -3.81. The Labute approximate surface area is 192 Å². The van der Waals surface area contributed by atoms with Crippen LogP contribution in [0, 0.1) is 0 Å². The molecule has 0 saturated carbocycles. The summed E-state index contributed by atoms with van der Waals surface area (Å²) >= 11 is 0. The lowest BCUT2D eigenvalue weighted by Gasteiger charge is -2.27. The van der Waals surface area contributed by atoms with Crippen molar-refractivity contribution in [1.82, 2.24) is 4.98 Å². The normalized spacial score (nSPS) is 13.8. The first-order chi connectivity index (χ1) is 16.1. The van der Waals surface area contributed by atoms with Crippen LogP contribution < -0.4 is 16.1 Å². The first kappa shape index (κ1) is 21.1. The fourth-order valence-electron chi connectivity index (χ4n) is 4.28. The van der Waals surface area contributed by atoms with Crippen molar-refractivity contribution < 1.29 is 9.82 Å². The highest BCUT2D eigenvalue weighted by Crippen LogP contribution is 2.23. The number of fused-ring (bicyclic) bond motifs is 2. The number of Topliss-reactive ketones (excluding diaryl/α,β-unsaturated/α-hetero) is 1. The van der Waals surface area contributed by atoms with E-state index in [4.69, 9.17) is 5.73 Å². The largest absolute Gasteiger partial charge is 0.471 e. The third kappa shape index (κ3) is 4.16. The van der Waals surface area contributed by atoms with E-state index in [0.717, 1.165) is 33.2 Å². The molecule has 4 aromatic rings.